The first-order chi connectivity index (χ1) is 8.69. The van der Waals surface area contributed by atoms with Crippen molar-refractivity contribution in [3.05, 3.63) is 10.4 Å². The molecule has 0 radical (unpaired) electrons. The molecule has 2 N–H and O–H groups in total. The van der Waals surface area contributed by atoms with Crippen molar-refractivity contribution in [3.63, 3.8) is 0 Å². The molecule has 7 nitrogen and oxygen atoms in total. The van der Waals surface area contributed by atoms with Crippen molar-refractivity contribution in [3.8, 4) is 0 Å². The lowest BCUT2D eigenvalue weighted by Crippen LogP contribution is -2.26. The lowest BCUT2D eigenvalue weighted by molar-refractivity contribution is -0.156. The highest BCUT2D eigenvalue weighted by Crippen LogP contribution is 2.12. The number of esters is 1. The van der Waals surface area contributed by atoms with Crippen molar-refractivity contribution in [2.75, 3.05) is 13.2 Å². The topological polar surface area (TPSA) is 116 Å². The summed E-state index contributed by atoms with van der Waals surface area (Å²) in [6.07, 6.45) is 2.56. The van der Waals surface area contributed by atoms with E-state index < -0.39 is 24.7 Å². The van der Waals surface area contributed by atoms with E-state index in [0.29, 0.717) is 6.42 Å². The summed E-state index contributed by atoms with van der Waals surface area (Å²) in [4.78, 5) is 14.2. The van der Waals surface area contributed by atoms with Gasteiger partial charge in [-0.3, -0.25) is 4.79 Å². The normalized spacial score (nSPS) is 13.5. The van der Waals surface area contributed by atoms with Crippen LogP contribution in [0.15, 0.2) is 5.11 Å². The van der Waals surface area contributed by atoms with Gasteiger partial charge < -0.3 is 14.9 Å². The number of carbonyl (C=O) groups is 1. The third-order valence-electron chi connectivity index (χ3n) is 2.52. The Balaban J connectivity index is 4.28. The third kappa shape index (κ3) is 7.11. The Hall–Kier alpha value is -1.30. The Morgan fingerprint density at radius 1 is 1.39 bits per heavy atom. The second kappa shape index (κ2) is 10.8. The first-order valence-corrected chi connectivity index (χ1v) is 6.16. The molecule has 2 atom stereocenters. The average Bonchev–Trinajstić information content (AvgIpc) is 2.36. The number of nitrogens with zero attached hydrogens (tertiary/aromatic N) is 3. The summed E-state index contributed by atoms with van der Waals surface area (Å²) in [7, 11) is 0. The van der Waals surface area contributed by atoms with E-state index >= 15 is 0 Å². The van der Waals surface area contributed by atoms with Crippen molar-refractivity contribution in [1.82, 2.24) is 0 Å². The number of unbranched alkanes of at least 4 members (excludes halogenated alkanes) is 2. The van der Waals surface area contributed by atoms with Crippen LogP contribution in [0.5, 0.6) is 0 Å². The summed E-state index contributed by atoms with van der Waals surface area (Å²) in [5.74, 6) is -1.40. The standard InChI is InChI=1S/C11H21N3O4/c1-2-3-4-5-10(13-14-12)18-11(17)9(8-16)6-7-15/h9-10,15-16H,2-8H2,1H3. The van der Waals surface area contributed by atoms with Gasteiger partial charge >= 0.3 is 5.97 Å². The van der Waals surface area contributed by atoms with Crippen LogP contribution in [-0.4, -0.2) is 35.6 Å². The summed E-state index contributed by atoms with van der Waals surface area (Å²) in [5, 5.41) is 21.1. The second-order valence-electron chi connectivity index (χ2n) is 3.98. The molecule has 0 bridgehead atoms. The van der Waals surface area contributed by atoms with Crippen LogP contribution in [0.25, 0.3) is 10.4 Å². The number of rotatable bonds is 10. The van der Waals surface area contributed by atoms with E-state index in [9.17, 15) is 4.79 Å². The molecule has 0 fully saturated rings. The van der Waals surface area contributed by atoms with Crippen LogP contribution in [-0.2, 0) is 9.53 Å². The maximum Gasteiger partial charge on any atom is 0.311 e. The fourth-order valence-electron chi connectivity index (χ4n) is 1.44. The van der Waals surface area contributed by atoms with Crippen LogP contribution in [0.1, 0.15) is 39.0 Å². The van der Waals surface area contributed by atoms with Gasteiger partial charge in [-0.05, 0) is 29.9 Å². The Kier molecular flexibility index (Phi) is 10.0. The molecule has 0 saturated carbocycles. The number of azide groups is 1. The van der Waals surface area contributed by atoms with Crippen LogP contribution in [0.3, 0.4) is 0 Å². The predicted molar refractivity (Wildman–Crippen MR) is 65.4 cm³/mol. The number of hydrogen-bond acceptors (Lipinski definition) is 5. The molecule has 7 heteroatoms. The van der Waals surface area contributed by atoms with Crippen molar-refractivity contribution in [2.45, 2.75) is 45.3 Å². The molecule has 0 heterocycles. The average molecular weight is 259 g/mol. The van der Waals surface area contributed by atoms with Gasteiger partial charge in [0.15, 0.2) is 6.23 Å². The van der Waals surface area contributed by atoms with Crippen molar-refractivity contribution in [2.24, 2.45) is 11.0 Å². The van der Waals surface area contributed by atoms with Gasteiger partial charge in [0.2, 0.25) is 0 Å². The first kappa shape index (κ1) is 16.7. The zero-order valence-electron chi connectivity index (χ0n) is 10.7. The van der Waals surface area contributed by atoms with Gasteiger partial charge in [0, 0.05) is 11.5 Å². The van der Waals surface area contributed by atoms with E-state index in [1.165, 1.54) is 0 Å². The summed E-state index contributed by atoms with van der Waals surface area (Å²) in [6.45, 7) is 1.44. The monoisotopic (exact) mass is 259 g/mol. The predicted octanol–water partition coefficient (Wildman–Crippen LogP) is 1.74. The first-order valence-electron chi connectivity index (χ1n) is 6.16. The molecule has 0 aromatic heterocycles. The summed E-state index contributed by atoms with van der Waals surface area (Å²) in [5.41, 5.74) is 8.38. The maximum absolute atomic E-state index is 11.6. The minimum Gasteiger partial charge on any atom is -0.456 e. The number of aliphatic hydroxyl groups excluding tert-OH is 2. The number of hydrogen-bond donors (Lipinski definition) is 2. The zero-order chi connectivity index (χ0) is 13.8. The molecule has 104 valence electrons. The minimum atomic E-state index is -0.832. The van der Waals surface area contributed by atoms with Gasteiger partial charge in [0.25, 0.3) is 0 Å². The van der Waals surface area contributed by atoms with E-state index in [0.717, 1.165) is 19.3 Å². The van der Waals surface area contributed by atoms with Gasteiger partial charge in [-0.1, -0.05) is 19.8 Å². The van der Waals surface area contributed by atoms with E-state index in [-0.39, 0.29) is 13.0 Å². The van der Waals surface area contributed by atoms with Crippen LogP contribution in [0.2, 0.25) is 0 Å². The lowest BCUT2D eigenvalue weighted by atomic mass is 10.1. The van der Waals surface area contributed by atoms with Crippen molar-refractivity contribution < 1.29 is 19.7 Å². The smallest absolute Gasteiger partial charge is 0.311 e. The van der Waals surface area contributed by atoms with Gasteiger partial charge in [0.05, 0.1) is 12.5 Å². The van der Waals surface area contributed by atoms with Crippen LogP contribution >= 0.6 is 0 Å². The summed E-state index contributed by atoms with van der Waals surface area (Å²) in [6, 6.07) is 0. The fourth-order valence-corrected chi connectivity index (χ4v) is 1.44. The van der Waals surface area contributed by atoms with Gasteiger partial charge in [-0.15, -0.1) is 0 Å². The largest absolute Gasteiger partial charge is 0.456 e. The van der Waals surface area contributed by atoms with E-state index in [4.69, 9.17) is 20.5 Å². The van der Waals surface area contributed by atoms with Gasteiger partial charge in [0.1, 0.15) is 0 Å². The third-order valence-corrected chi connectivity index (χ3v) is 2.52. The molecule has 0 aliphatic carbocycles. The molecule has 0 saturated heterocycles. The Morgan fingerprint density at radius 3 is 2.61 bits per heavy atom. The van der Waals surface area contributed by atoms with E-state index in [1.54, 1.807) is 0 Å². The number of aliphatic hydroxyl groups is 2. The summed E-state index contributed by atoms with van der Waals surface area (Å²) < 4.78 is 5.01. The molecule has 0 aliphatic rings. The quantitative estimate of drug-likeness (QED) is 0.204. The van der Waals surface area contributed by atoms with E-state index in [1.807, 2.05) is 6.92 Å². The molecule has 0 spiro atoms. The minimum absolute atomic E-state index is 0.132. The van der Waals surface area contributed by atoms with Crippen LogP contribution < -0.4 is 0 Å². The molecular formula is C11H21N3O4. The fraction of sp³-hybridized carbons (Fsp3) is 0.909. The lowest BCUT2D eigenvalue weighted by Gasteiger charge is -2.17. The molecule has 0 rings (SSSR count). The molecule has 18 heavy (non-hydrogen) atoms. The molecule has 0 amide bonds. The highest BCUT2D eigenvalue weighted by Gasteiger charge is 2.21. The molecule has 0 aromatic carbocycles. The second-order valence-corrected chi connectivity index (χ2v) is 3.98. The van der Waals surface area contributed by atoms with Crippen molar-refractivity contribution >= 4 is 5.97 Å². The zero-order valence-corrected chi connectivity index (χ0v) is 10.7. The molecule has 0 aromatic rings. The van der Waals surface area contributed by atoms with Crippen LogP contribution in [0, 0.1) is 5.92 Å². The van der Waals surface area contributed by atoms with Gasteiger partial charge in [-0.25, -0.2) is 0 Å². The number of carbonyl (C=O) groups excluding carboxylic acids is 1. The highest BCUT2D eigenvalue weighted by molar-refractivity contribution is 5.72. The SMILES string of the molecule is CCCCCC(N=[N+]=[N-])OC(=O)C(CO)CCO. The molecule has 2 unspecified atom stereocenters. The Bertz CT molecular complexity index is 279. The highest BCUT2D eigenvalue weighted by atomic mass is 16.6. The number of ether oxygens (including phenoxy) is 1. The van der Waals surface area contributed by atoms with E-state index in [2.05, 4.69) is 10.0 Å². The molecular weight excluding hydrogens is 238 g/mol. The Labute approximate surface area is 106 Å². The summed E-state index contributed by atoms with van der Waals surface area (Å²) >= 11 is 0. The van der Waals surface area contributed by atoms with Crippen molar-refractivity contribution in [1.29, 1.82) is 0 Å². The maximum atomic E-state index is 11.6. The molecule has 0 aliphatic heterocycles. The van der Waals surface area contributed by atoms with Crippen LogP contribution in [0.4, 0.5) is 0 Å². The Morgan fingerprint density at radius 2 is 2.11 bits per heavy atom. The van der Waals surface area contributed by atoms with Gasteiger partial charge in [-0.2, -0.15) is 0 Å².